The summed E-state index contributed by atoms with van der Waals surface area (Å²) in [6.07, 6.45) is 2.12. The highest BCUT2D eigenvalue weighted by atomic mass is 15.0. The van der Waals surface area contributed by atoms with Crippen LogP contribution in [-0.4, -0.2) is 16.5 Å². The van der Waals surface area contributed by atoms with Gasteiger partial charge in [-0.05, 0) is 37.8 Å². The van der Waals surface area contributed by atoms with Crippen molar-refractivity contribution in [2.75, 3.05) is 11.9 Å². The van der Waals surface area contributed by atoms with Gasteiger partial charge in [-0.2, -0.15) is 0 Å². The summed E-state index contributed by atoms with van der Waals surface area (Å²) in [7, 11) is 0. The second-order valence-electron chi connectivity index (χ2n) is 5.16. The molecule has 0 aliphatic heterocycles. The number of hydrogen-bond donors (Lipinski definition) is 1. The zero-order valence-electron chi connectivity index (χ0n) is 11.5. The summed E-state index contributed by atoms with van der Waals surface area (Å²) in [4.78, 5) is 9.30. The lowest BCUT2D eigenvalue weighted by molar-refractivity contribution is 0.679. The van der Waals surface area contributed by atoms with Crippen molar-refractivity contribution in [3.63, 3.8) is 0 Å². The lowest BCUT2D eigenvalue weighted by atomic mass is 10.1. The SMILES string of the molecule is CCNc1cc(C)nc(C2Cc3ccccc3C2)n1. The minimum Gasteiger partial charge on any atom is -0.370 e. The van der Waals surface area contributed by atoms with Crippen LogP contribution in [0.1, 0.15) is 35.5 Å². The minimum absolute atomic E-state index is 0.426. The largest absolute Gasteiger partial charge is 0.370 e. The van der Waals surface area contributed by atoms with E-state index in [-0.39, 0.29) is 0 Å². The molecule has 0 saturated carbocycles. The average molecular weight is 253 g/mol. The Bertz CT molecular complexity index is 567. The van der Waals surface area contributed by atoms with Gasteiger partial charge in [0.05, 0.1) is 0 Å². The standard InChI is InChI=1S/C16H19N3/c1-3-17-15-8-11(2)18-16(19-15)14-9-12-6-4-5-7-13(12)10-14/h4-8,14H,3,9-10H2,1-2H3,(H,17,18,19). The van der Waals surface area contributed by atoms with Crippen LogP contribution in [0, 0.1) is 6.92 Å². The van der Waals surface area contributed by atoms with E-state index in [1.54, 1.807) is 0 Å². The highest BCUT2D eigenvalue weighted by Crippen LogP contribution is 2.32. The number of aromatic nitrogens is 2. The van der Waals surface area contributed by atoms with Gasteiger partial charge in [-0.3, -0.25) is 0 Å². The highest BCUT2D eigenvalue weighted by Gasteiger charge is 2.25. The van der Waals surface area contributed by atoms with Crippen LogP contribution in [0.4, 0.5) is 5.82 Å². The van der Waals surface area contributed by atoms with Crippen molar-refractivity contribution in [2.45, 2.75) is 32.6 Å². The second-order valence-corrected chi connectivity index (χ2v) is 5.16. The van der Waals surface area contributed by atoms with Crippen LogP contribution in [0.25, 0.3) is 0 Å². The molecule has 1 aromatic heterocycles. The van der Waals surface area contributed by atoms with Crippen molar-refractivity contribution >= 4 is 5.82 Å². The first-order valence-electron chi connectivity index (χ1n) is 6.92. The van der Waals surface area contributed by atoms with Crippen molar-refractivity contribution in [3.05, 3.63) is 53.0 Å². The molecule has 0 spiro atoms. The zero-order valence-corrected chi connectivity index (χ0v) is 11.5. The van der Waals surface area contributed by atoms with Crippen LogP contribution in [0.2, 0.25) is 0 Å². The van der Waals surface area contributed by atoms with E-state index in [0.29, 0.717) is 5.92 Å². The van der Waals surface area contributed by atoms with Crippen LogP contribution in [0.3, 0.4) is 0 Å². The summed E-state index contributed by atoms with van der Waals surface area (Å²) < 4.78 is 0. The highest BCUT2D eigenvalue weighted by molar-refractivity contribution is 5.39. The summed E-state index contributed by atoms with van der Waals surface area (Å²) in [6.45, 7) is 5.01. The molecule has 0 saturated heterocycles. The van der Waals surface area contributed by atoms with E-state index in [2.05, 4.69) is 46.5 Å². The molecule has 98 valence electrons. The molecule has 0 fully saturated rings. The quantitative estimate of drug-likeness (QED) is 0.913. The first-order valence-corrected chi connectivity index (χ1v) is 6.92. The molecule has 1 aliphatic rings. The normalized spacial score (nSPS) is 14.4. The number of hydrogen-bond acceptors (Lipinski definition) is 3. The van der Waals surface area contributed by atoms with Gasteiger partial charge < -0.3 is 5.32 Å². The summed E-state index contributed by atoms with van der Waals surface area (Å²) in [5.41, 5.74) is 3.93. The predicted molar refractivity (Wildman–Crippen MR) is 77.5 cm³/mol. The third-order valence-electron chi connectivity index (χ3n) is 3.65. The first-order chi connectivity index (χ1) is 9.26. The molecule has 0 unspecified atom stereocenters. The number of benzene rings is 1. The number of rotatable bonds is 3. The molecule has 1 heterocycles. The van der Waals surface area contributed by atoms with E-state index in [9.17, 15) is 0 Å². The summed E-state index contributed by atoms with van der Waals surface area (Å²) >= 11 is 0. The van der Waals surface area contributed by atoms with Gasteiger partial charge in [0.25, 0.3) is 0 Å². The van der Waals surface area contributed by atoms with E-state index in [1.807, 2.05) is 13.0 Å². The molecule has 0 bridgehead atoms. The zero-order chi connectivity index (χ0) is 13.2. The summed E-state index contributed by atoms with van der Waals surface area (Å²) in [5.74, 6) is 2.35. The fourth-order valence-electron chi connectivity index (χ4n) is 2.79. The number of anilines is 1. The van der Waals surface area contributed by atoms with Crippen LogP contribution >= 0.6 is 0 Å². The number of nitrogens with one attached hydrogen (secondary N) is 1. The Balaban J connectivity index is 1.88. The van der Waals surface area contributed by atoms with Gasteiger partial charge in [-0.25, -0.2) is 9.97 Å². The maximum atomic E-state index is 4.67. The van der Waals surface area contributed by atoms with Crippen LogP contribution < -0.4 is 5.32 Å². The molecule has 3 heteroatoms. The van der Waals surface area contributed by atoms with Gasteiger partial charge in [-0.1, -0.05) is 24.3 Å². The maximum Gasteiger partial charge on any atom is 0.134 e. The first kappa shape index (κ1) is 12.2. The van der Waals surface area contributed by atoms with Crippen LogP contribution in [-0.2, 0) is 12.8 Å². The topological polar surface area (TPSA) is 37.8 Å². The van der Waals surface area contributed by atoms with E-state index in [0.717, 1.165) is 36.7 Å². The van der Waals surface area contributed by atoms with Crippen LogP contribution in [0.5, 0.6) is 0 Å². The molecular formula is C16H19N3. The summed E-state index contributed by atoms with van der Waals surface area (Å²) in [6, 6.07) is 10.7. The van der Waals surface area contributed by atoms with Crippen molar-refractivity contribution in [1.82, 2.24) is 9.97 Å². The minimum atomic E-state index is 0.426. The van der Waals surface area contributed by atoms with Crippen molar-refractivity contribution in [2.24, 2.45) is 0 Å². The molecule has 3 nitrogen and oxygen atoms in total. The third-order valence-corrected chi connectivity index (χ3v) is 3.65. The second kappa shape index (κ2) is 5.00. The van der Waals surface area contributed by atoms with E-state index in [4.69, 9.17) is 0 Å². The van der Waals surface area contributed by atoms with Gasteiger partial charge in [0.15, 0.2) is 0 Å². The van der Waals surface area contributed by atoms with Gasteiger partial charge in [0, 0.05) is 24.2 Å². The Hall–Kier alpha value is -1.90. The van der Waals surface area contributed by atoms with Crippen molar-refractivity contribution in [3.8, 4) is 0 Å². The van der Waals surface area contributed by atoms with E-state index < -0.39 is 0 Å². The number of aryl methyl sites for hydroxylation is 1. The molecule has 0 atom stereocenters. The lowest BCUT2D eigenvalue weighted by Gasteiger charge is -2.11. The Morgan fingerprint density at radius 3 is 2.47 bits per heavy atom. The van der Waals surface area contributed by atoms with E-state index in [1.165, 1.54) is 11.1 Å². The molecule has 1 aliphatic carbocycles. The van der Waals surface area contributed by atoms with E-state index >= 15 is 0 Å². The maximum absolute atomic E-state index is 4.67. The predicted octanol–water partition coefficient (Wildman–Crippen LogP) is 3.10. The molecule has 1 aromatic carbocycles. The fourth-order valence-corrected chi connectivity index (χ4v) is 2.79. The third kappa shape index (κ3) is 2.46. The monoisotopic (exact) mass is 253 g/mol. The smallest absolute Gasteiger partial charge is 0.134 e. The molecule has 0 amide bonds. The Morgan fingerprint density at radius 2 is 1.84 bits per heavy atom. The molecular weight excluding hydrogens is 234 g/mol. The molecule has 2 aromatic rings. The molecule has 3 rings (SSSR count). The summed E-state index contributed by atoms with van der Waals surface area (Å²) in [5, 5.41) is 3.28. The van der Waals surface area contributed by atoms with Gasteiger partial charge in [-0.15, -0.1) is 0 Å². The fraction of sp³-hybridized carbons (Fsp3) is 0.375. The van der Waals surface area contributed by atoms with Crippen LogP contribution in [0.15, 0.2) is 30.3 Å². The molecule has 19 heavy (non-hydrogen) atoms. The Kier molecular flexibility index (Phi) is 3.20. The Morgan fingerprint density at radius 1 is 1.16 bits per heavy atom. The average Bonchev–Trinajstić information content (AvgIpc) is 2.82. The van der Waals surface area contributed by atoms with Crippen molar-refractivity contribution in [1.29, 1.82) is 0 Å². The van der Waals surface area contributed by atoms with Gasteiger partial charge in [0.1, 0.15) is 11.6 Å². The number of fused-ring (bicyclic) bond motifs is 1. The molecule has 0 radical (unpaired) electrons. The molecule has 1 N–H and O–H groups in total. The van der Waals surface area contributed by atoms with Gasteiger partial charge in [0.2, 0.25) is 0 Å². The number of nitrogens with zero attached hydrogens (tertiary/aromatic N) is 2. The van der Waals surface area contributed by atoms with Gasteiger partial charge >= 0.3 is 0 Å². The lowest BCUT2D eigenvalue weighted by Crippen LogP contribution is -2.09. The Labute approximate surface area is 114 Å². The van der Waals surface area contributed by atoms with Crippen molar-refractivity contribution < 1.29 is 0 Å².